The van der Waals surface area contributed by atoms with Gasteiger partial charge in [0.2, 0.25) is 5.91 Å². The number of piperazine rings is 1. The van der Waals surface area contributed by atoms with Gasteiger partial charge >= 0.3 is 0 Å². The molecule has 0 bridgehead atoms. The lowest BCUT2D eigenvalue weighted by Gasteiger charge is -2.63. The first-order valence-electron chi connectivity index (χ1n) is 20.6. The molecule has 4 heterocycles. The number of carbonyl (C=O) groups excluding carboxylic acids is 3. The molecule has 13 nitrogen and oxygen atoms in total. The summed E-state index contributed by atoms with van der Waals surface area (Å²) in [6, 6.07) is 19.9. The third kappa shape index (κ3) is 7.76. The van der Waals surface area contributed by atoms with E-state index in [2.05, 4.69) is 76.3 Å². The van der Waals surface area contributed by atoms with Crippen LogP contribution in [0.3, 0.4) is 0 Å². The standard InChI is InChI=1S/C45H51ClN8O5/c1-44(2)42(45(3,4)43(44)59-32-13-10-30(25-47)35(46)24-32)50-39(56)29-8-11-31(12-9-29)52-18-16-28(17-19-52)27-51-20-22-53(23-21-51)36-7-5-6-33-34(36)26-48-54(41(33)58)37-14-15-38(55)49-40(37)57/h5-13,24,26,28,37,42-43H,14-23,27H2,1-4H3,(H,50,56)(H,49,55,57)/t37-,42-,43-/m1/s1. The number of hydrogen-bond acceptors (Lipinski definition) is 10. The second-order valence-corrected chi connectivity index (χ2v) is 18.1. The van der Waals surface area contributed by atoms with Crippen LogP contribution in [0, 0.1) is 28.1 Å². The molecule has 3 amide bonds. The minimum Gasteiger partial charge on any atom is -0.489 e. The summed E-state index contributed by atoms with van der Waals surface area (Å²) in [5.74, 6) is 0.286. The Bertz CT molecular complexity index is 2360. The number of fused-ring (bicyclic) bond motifs is 1. The van der Waals surface area contributed by atoms with Crippen LogP contribution in [0.4, 0.5) is 11.4 Å². The third-order valence-electron chi connectivity index (χ3n) is 13.1. The van der Waals surface area contributed by atoms with Gasteiger partial charge in [0.25, 0.3) is 17.4 Å². The molecule has 59 heavy (non-hydrogen) atoms. The van der Waals surface area contributed by atoms with E-state index in [1.54, 1.807) is 30.5 Å². The molecule has 308 valence electrons. The van der Waals surface area contributed by atoms with E-state index >= 15 is 0 Å². The molecule has 1 aromatic heterocycles. The molecule has 14 heteroatoms. The fourth-order valence-electron chi connectivity index (χ4n) is 10.1. The maximum Gasteiger partial charge on any atom is 0.275 e. The highest BCUT2D eigenvalue weighted by molar-refractivity contribution is 6.31. The van der Waals surface area contributed by atoms with Gasteiger partial charge in [0.15, 0.2) is 0 Å². The molecule has 1 aliphatic carbocycles. The van der Waals surface area contributed by atoms with E-state index < -0.39 is 11.9 Å². The molecule has 4 aliphatic rings. The highest BCUT2D eigenvalue weighted by Gasteiger charge is 2.64. The molecular formula is C45H51ClN8O5. The zero-order valence-corrected chi connectivity index (χ0v) is 34.8. The second kappa shape index (κ2) is 16.0. The Morgan fingerprint density at radius 2 is 1.63 bits per heavy atom. The van der Waals surface area contributed by atoms with Gasteiger partial charge in [0.1, 0.15) is 24.0 Å². The fourth-order valence-corrected chi connectivity index (χ4v) is 10.3. The van der Waals surface area contributed by atoms with Gasteiger partial charge in [-0.15, -0.1) is 0 Å². The predicted molar refractivity (Wildman–Crippen MR) is 227 cm³/mol. The minimum absolute atomic E-state index is 0.105. The second-order valence-electron chi connectivity index (χ2n) is 17.7. The SMILES string of the molecule is CC1(C)[C@H](NC(=O)c2ccc(N3CCC(CN4CCN(c5cccc6c(=O)n([C@@H]7CCC(=O)NC7=O)ncc56)CC4)CC3)cc2)C(C)(C)[C@H]1Oc1ccc(C#N)c(Cl)c1. The molecule has 0 spiro atoms. The summed E-state index contributed by atoms with van der Waals surface area (Å²) in [6.07, 6.45) is 4.14. The van der Waals surface area contributed by atoms with Crippen molar-refractivity contribution in [3.05, 3.63) is 93.4 Å². The summed E-state index contributed by atoms with van der Waals surface area (Å²) in [5, 5.41) is 20.9. The number of anilines is 2. The molecule has 1 atom stereocenters. The summed E-state index contributed by atoms with van der Waals surface area (Å²) >= 11 is 6.26. The number of aromatic nitrogens is 2. The number of nitriles is 1. The van der Waals surface area contributed by atoms with Gasteiger partial charge in [-0.2, -0.15) is 10.4 Å². The number of nitrogens with zero attached hydrogens (tertiary/aromatic N) is 6. The number of piperidine rings is 2. The van der Waals surface area contributed by atoms with E-state index in [1.165, 1.54) is 4.68 Å². The van der Waals surface area contributed by atoms with Crippen molar-refractivity contribution in [2.45, 2.75) is 71.6 Å². The van der Waals surface area contributed by atoms with Crippen molar-refractivity contribution in [3.8, 4) is 11.8 Å². The van der Waals surface area contributed by atoms with E-state index in [4.69, 9.17) is 16.3 Å². The summed E-state index contributed by atoms with van der Waals surface area (Å²) in [7, 11) is 0. The van der Waals surface area contributed by atoms with Crippen LogP contribution < -0.4 is 30.7 Å². The van der Waals surface area contributed by atoms with E-state index in [1.807, 2.05) is 24.3 Å². The highest BCUT2D eigenvalue weighted by Crippen LogP contribution is 2.55. The Hall–Kier alpha value is -5.45. The maximum atomic E-state index is 13.5. The van der Waals surface area contributed by atoms with Crippen molar-refractivity contribution >= 4 is 51.5 Å². The van der Waals surface area contributed by atoms with Crippen LogP contribution in [0.1, 0.15) is 75.3 Å². The summed E-state index contributed by atoms with van der Waals surface area (Å²) in [6.45, 7) is 14.9. The Morgan fingerprint density at radius 1 is 0.915 bits per heavy atom. The number of nitrogens with one attached hydrogen (secondary N) is 2. The normalized spacial score (nSPS) is 23.3. The average molecular weight is 819 g/mol. The Balaban J connectivity index is 0.807. The van der Waals surface area contributed by atoms with Crippen molar-refractivity contribution in [3.63, 3.8) is 0 Å². The zero-order chi connectivity index (χ0) is 41.6. The Morgan fingerprint density at radius 3 is 2.29 bits per heavy atom. The van der Waals surface area contributed by atoms with Crippen LogP contribution in [-0.4, -0.2) is 90.4 Å². The number of imide groups is 1. The van der Waals surface area contributed by atoms with Crippen LogP contribution in [0.2, 0.25) is 5.02 Å². The minimum atomic E-state index is -0.790. The van der Waals surface area contributed by atoms with Crippen LogP contribution in [-0.2, 0) is 9.59 Å². The van der Waals surface area contributed by atoms with Crippen LogP contribution >= 0.6 is 11.6 Å². The monoisotopic (exact) mass is 818 g/mol. The summed E-state index contributed by atoms with van der Waals surface area (Å²) in [5.41, 5.74) is 2.11. The van der Waals surface area contributed by atoms with Gasteiger partial charge in [0.05, 0.1) is 22.2 Å². The van der Waals surface area contributed by atoms with E-state index in [-0.39, 0.29) is 53.2 Å². The predicted octanol–water partition coefficient (Wildman–Crippen LogP) is 5.55. The molecule has 3 aromatic carbocycles. The van der Waals surface area contributed by atoms with Gasteiger partial charge in [-0.25, -0.2) is 4.68 Å². The van der Waals surface area contributed by atoms with Crippen LogP contribution in [0.15, 0.2) is 71.7 Å². The quantitative estimate of drug-likeness (QED) is 0.206. The van der Waals surface area contributed by atoms with E-state index in [9.17, 15) is 24.4 Å². The van der Waals surface area contributed by atoms with E-state index in [0.717, 1.165) is 75.4 Å². The molecular weight excluding hydrogens is 768 g/mol. The van der Waals surface area contributed by atoms with Crippen LogP contribution in [0.5, 0.6) is 5.75 Å². The van der Waals surface area contributed by atoms with Gasteiger partial charge in [-0.1, -0.05) is 45.4 Å². The topological polar surface area (TPSA) is 153 Å². The smallest absolute Gasteiger partial charge is 0.275 e. The average Bonchev–Trinajstić information content (AvgIpc) is 3.23. The van der Waals surface area contributed by atoms with Gasteiger partial charge in [0, 0.05) is 97.5 Å². The number of hydrogen-bond donors (Lipinski definition) is 2. The van der Waals surface area contributed by atoms with Crippen molar-refractivity contribution in [2.75, 3.05) is 55.6 Å². The van der Waals surface area contributed by atoms with Gasteiger partial charge < -0.3 is 19.9 Å². The number of amides is 3. The van der Waals surface area contributed by atoms with Gasteiger partial charge in [-0.05, 0) is 73.7 Å². The van der Waals surface area contributed by atoms with Crippen molar-refractivity contribution < 1.29 is 19.1 Å². The fraction of sp³-hybridized carbons (Fsp3) is 0.467. The first-order chi connectivity index (χ1) is 28.2. The Labute approximate surface area is 349 Å². The molecule has 4 fully saturated rings. The lowest BCUT2D eigenvalue weighted by atomic mass is 9.49. The van der Waals surface area contributed by atoms with Crippen LogP contribution in [0.25, 0.3) is 10.8 Å². The third-order valence-corrected chi connectivity index (χ3v) is 13.4. The first-order valence-corrected chi connectivity index (χ1v) is 21.0. The lowest BCUT2D eigenvalue weighted by molar-refractivity contribution is -0.164. The van der Waals surface area contributed by atoms with Crippen molar-refractivity contribution in [2.24, 2.45) is 16.7 Å². The number of ether oxygens (including phenoxy) is 1. The zero-order valence-electron chi connectivity index (χ0n) is 34.0. The summed E-state index contributed by atoms with van der Waals surface area (Å²) in [4.78, 5) is 58.3. The molecule has 1 saturated carbocycles. The molecule has 3 aliphatic heterocycles. The largest absolute Gasteiger partial charge is 0.489 e. The lowest BCUT2D eigenvalue weighted by Crippen LogP contribution is -2.74. The molecule has 2 N–H and O–H groups in total. The molecule has 0 radical (unpaired) electrons. The van der Waals surface area contributed by atoms with Crippen molar-refractivity contribution in [1.29, 1.82) is 5.26 Å². The highest BCUT2D eigenvalue weighted by atomic mass is 35.5. The summed E-state index contributed by atoms with van der Waals surface area (Å²) < 4.78 is 7.61. The number of halogens is 1. The molecule has 3 saturated heterocycles. The number of rotatable bonds is 9. The van der Waals surface area contributed by atoms with E-state index in [0.29, 0.717) is 33.2 Å². The van der Waals surface area contributed by atoms with Crippen molar-refractivity contribution in [1.82, 2.24) is 25.3 Å². The molecule has 0 unspecified atom stereocenters. The first kappa shape index (κ1) is 40.3. The number of benzene rings is 3. The number of carbonyl (C=O) groups is 3. The molecule has 8 rings (SSSR count). The maximum absolute atomic E-state index is 13.5. The Kier molecular flexibility index (Phi) is 10.9. The van der Waals surface area contributed by atoms with Gasteiger partial charge in [-0.3, -0.25) is 29.4 Å². The molecule has 4 aromatic rings.